The van der Waals surface area contributed by atoms with Crippen LogP contribution in [0.1, 0.15) is 19.8 Å². The van der Waals surface area contributed by atoms with Crippen molar-refractivity contribution < 1.29 is 13.2 Å². The summed E-state index contributed by atoms with van der Waals surface area (Å²) in [5, 5.41) is 0. The zero-order valence-corrected chi connectivity index (χ0v) is 15.2. The first-order valence-corrected chi connectivity index (χ1v) is 10.1. The van der Waals surface area contributed by atoms with E-state index in [1.165, 1.54) is 0 Å². The van der Waals surface area contributed by atoms with Gasteiger partial charge in [0.15, 0.2) is 0 Å². The first-order chi connectivity index (χ1) is 12.1. The lowest BCUT2D eigenvalue weighted by atomic mass is 10.2. The summed E-state index contributed by atoms with van der Waals surface area (Å²) in [5.41, 5.74) is 1.14. The molecule has 2 aromatic rings. The summed E-state index contributed by atoms with van der Waals surface area (Å²) >= 11 is 0. The van der Waals surface area contributed by atoms with Crippen LogP contribution >= 0.6 is 0 Å². The van der Waals surface area contributed by atoms with Crippen molar-refractivity contribution in [3.8, 4) is 5.75 Å². The van der Waals surface area contributed by atoms with Gasteiger partial charge in [-0.25, -0.2) is 13.1 Å². The van der Waals surface area contributed by atoms with Gasteiger partial charge in [0.25, 0.3) is 0 Å². The first kappa shape index (κ1) is 17.8. The number of hydrogen-bond donors (Lipinski definition) is 1. The quantitative estimate of drug-likeness (QED) is 0.824. The average Bonchev–Trinajstić information content (AvgIpc) is 3.10. The van der Waals surface area contributed by atoms with E-state index in [0.29, 0.717) is 18.9 Å². The van der Waals surface area contributed by atoms with Crippen LogP contribution in [0.15, 0.2) is 59.5 Å². The van der Waals surface area contributed by atoms with E-state index in [9.17, 15) is 8.42 Å². The Balaban J connectivity index is 1.65. The molecule has 1 fully saturated rings. The number of nitrogens with one attached hydrogen (secondary N) is 1. The van der Waals surface area contributed by atoms with Gasteiger partial charge in [0, 0.05) is 24.8 Å². The van der Waals surface area contributed by atoms with E-state index in [1.54, 1.807) is 24.3 Å². The summed E-state index contributed by atoms with van der Waals surface area (Å²) in [5.74, 6) is 0.674. The number of rotatable bonds is 7. The highest BCUT2D eigenvalue weighted by molar-refractivity contribution is 7.89. The van der Waals surface area contributed by atoms with E-state index in [0.717, 1.165) is 25.1 Å². The lowest BCUT2D eigenvalue weighted by Gasteiger charge is -2.27. The van der Waals surface area contributed by atoms with Crippen LogP contribution in [-0.2, 0) is 10.0 Å². The van der Waals surface area contributed by atoms with Crippen LogP contribution in [0.2, 0.25) is 0 Å². The Morgan fingerprint density at radius 2 is 1.84 bits per heavy atom. The molecule has 0 spiro atoms. The molecule has 1 aliphatic heterocycles. The minimum atomic E-state index is -3.52. The third-order valence-electron chi connectivity index (χ3n) is 4.42. The maximum absolute atomic E-state index is 12.5. The fraction of sp³-hybridized carbons (Fsp3) is 0.368. The van der Waals surface area contributed by atoms with Crippen LogP contribution in [0.5, 0.6) is 5.75 Å². The van der Waals surface area contributed by atoms with Crippen LogP contribution in [-0.4, -0.2) is 34.2 Å². The van der Waals surface area contributed by atoms with Gasteiger partial charge in [0.2, 0.25) is 10.0 Å². The molecule has 1 heterocycles. The van der Waals surface area contributed by atoms with Crippen molar-refractivity contribution in [2.75, 3.05) is 24.6 Å². The number of nitrogens with zero attached hydrogens (tertiary/aromatic N) is 1. The fourth-order valence-corrected chi connectivity index (χ4v) is 4.25. The smallest absolute Gasteiger partial charge is 0.240 e. The molecule has 1 saturated heterocycles. The van der Waals surface area contributed by atoms with Gasteiger partial charge in [0.05, 0.1) is 11.5 Å². The monoisotopic (exact) mass is 360 g/mol. The van der Waals surface area contributed by atoms with E-state index < -0.39 is 10.0 Å². The van der Waals surface area contributed by atoms with Gasteiger partial charge < -0.3 is 9.64 Å². The van der Waals surface area contributed by atoms with Crippen LogP contribution in [0.25, 0.3) is 0 Å². The number of sulfonamides is 1. The molecule has 0 aliphatic carbocycles. The highest BCUT2D eigenvalue weighted by atomic mass is 32.2. The van der Waals surface area contributed by atoms with Crippen LogP contribution < -0.4 is 14.4 Å². The molecule has 25 heavy (non-hydrogen) atoms. The Hall–Kier alpha value is -2.05. The molecule has 1 aliphatic rings. The van der Waals surface area contributed by atoms with Crippen LogP contribution in [0.3, 0.4) is 0 Å². The van der Waals surface area contributed by atoms with E-state index in [2.05, 4.69) is 21.8 Å². The summed E-state index contributed by atoms with van der Waals surface area (Å²) in [6.07, 6.45) is 2.06. The zero-order chi connectivity index (χ0) is 17.7. The Bertz CT molecular complexity index is 776. The normalized spacial score (nSPS) is 17.6. The van der Waals surface area contributed by atoms with Crippen molar-refractivity contribution in [3.05, 3.63) is 54.6 Å². The second kappa shape index (κ2) is 7.89. The molecular formula is C19H24N2O3S. The SMILES string of the molecule is CCOc1ccc(S(=O)(=O)NCC2CCCN2c2ccccc2)cc1. The topological polar surface area (TPSA) is 58.6 Å². The molecule has 6 heteroatoms. The first-order valence-electron chi connectivity index (χ1n) is 8.64. The van der Waals surface area contributed by atoms with E-state index in [1.807, 2.05) is 25.1 Å². The van der Waals surface area contributed by atoms with Gasteiger partial charge in [-0.05, 0) is 56.2 Å². The standard InChI is InChI=1S/C19H24N2O3S/c1-2-24-18-10-12-19(13-11-18)25(22,23)20-15-17-9-6-14-21(17)16-7-4-3-5-8-16/h3-5,7-8,10-13,17,20H,2,6,9,14-15H2,1H3. The summed E-state index contributed by atoms with van der Waals surface area (Å²) < 4.78 is 33.2. The van der Waals surface area contributed by atoms with Gasteiger partial charge in [-0.1, -0.05) is 18.2 Å². The summed E-state index contributed by atoms with van der Waals surface area (Å²) in [7, 11) is -3.52. The highest BCUT2D eigenvalue weighted by Gasteiger charge is 2.26. The maximum Gasteiger partial charge on any atom is 0.240 e. The Morgan fingerprint density at radius 1 is 1.12 bits per heavy atom. The maximum atomic E-state index is 12.5. The number of benzene rings is 2. The van der Waals surface area contributed by atoms with Gasteiger partial charge in [-0.15, -0.1) is 0 Å². The van der Waals surface area contributed by atoms with Crippen molar-refractivity contribution in [1.82, 2.24) is 4.72 Å². The predicted octanol–water partition coefficient (Wildman–Crippen LogP) is 3.03. The van der Waals surface area contributed by atoms with Crippen LogP contribution in [0.4, 0.5) is 5.69 Å². The summed E-state index contributed by atoms with van der Waals surface area (Å²) in [4.78, 5) is 2.54. The molecule has 0 saturated carbocycles. The highest BCUT2D eigenvalue weighted by Crippen LogP contribution is 2.25. The molecule has 1 atom stereocenters. The molecule has 2 aromatic carbocycles. The fourth-order valence-electron chi connectivity index (χ4n) is 3.18. The average molecular weight is 360 g/mol. The molecule has 1 N–H and O–H groups in total. The summed E-state index contributed by atoms with van der Waals surface area (Å²) in [6.45, 7) is 3.82. The molecule has 1 unspecified atom stereocenters. The van der Waals surface area contributed by atoms with E-state index in [-0.39, 0.29) is 10.9 Å². The van der Waals surface area contributed by atoms with E-state index in [4.69, 9.17) is 4.74 Å². The molecule has 5 nitrogen and oxygen atoms in total. The van der Waals surface area contributed by atoms with Crippen molar-refractivity contribution in [2.24, 2.45) is 0 Å². The number of hydrogen-bond acceptors (Lipinski definition) is 4. The molecule has 134 valence electrons. The third-order valence-corrected chi connectivity index (χ3v) is 5.86. The molecule has 3 rings (SSSR count). The van der Waals surface area contributed by atoms with Crippen molar-refractivity contribution in [2.45, 2.75) is 30.7 Å². The molecular weight excluding hydrogens is 336 g/mol. The van der Waals surface area contributed by atoms with Gasteiger partial charge in [0.1, 0.15) is 5.75 Å². The molecule has 0 amide bonds. The van der Waals surface area contributed by atoms with E-state index >= 15 is 0 Å². The number of ether oxygens (including phenoxy) is 1. The largest absolute Gasteiger partial charge is 0.494 e. The zero-order valence-electron chi connectivity index (χ0n) is 14.4. The second-order valence-corrected chi connectivity index (χ2v) is 7.85. The number of anilines is 1. The minimum Gasteiger partial charge on any atom is -0.494 e. The summed E-state index contributed by atoms with van der Waals surface area (Å²) in [6, 6.07) is 16.9. The Kier molecular flexibility index (Phi) is 5.60. The Labute approximate surface area is 149 Å². The predicted molar refractivity (Wildman–Crippen MR) is 99.6 cm³/mol. The molecule has 0 radical (unpaired) electrons. The second-order valence-electron chi connectivity index (χ2n) is 6.08. The van der Waals surface area contributed by atoms with Crippen molar-refractivity contribution >= 4 is 15.7 Å². The van der Waals surface area contributed by atoms with Gasteiger partial charge in [-0.2, -0.15) is 0 Å². The molecule has 0 bridgehead atoms. The van der Waals surface area contributed by atoms with Crippen molar-refractivity contribution in [1.29, 1.82) is 0 Å². The third kappa shape index (κ3) is 4.32. The van der Waals surface area contributed by atoms with Crippen molar-refractivity contribution in [3.63, 3.8) is 0 Å². The number of para-hydroxylation sites is 1. The lowest BCUT2D eigenvalue weighted by Crippen LogP contribution is -2.40. The Morgan fingerprint density at radius 3 is 2.52 bits per heavy atom. The lowest BCUT2D eigenvalue weighted by molar-refractivity contribution is 0.340. The molecule has 0 aromatic heterocycles. The minimum absolute atomic E-state index is 0.180. The van der Waals surface area contributed by atoms with Gasteiger partial charge in [-0.3, -0.25) is 0 Å². The van der Waals surface area contributed by atoms with Crippen LogP contribution in [0, 0.1) is 0 Å². The van der Waals surface area contributed by atoms with Gasteiger partial charge >= 0.3 is 0 Å².